The third kappa shape index (κ3) is 5.76. The van der Waals surface area contributed by atoms with E-state index < -0.39 is 0 Å². The average Bonchev–Trinajstić information content (AvgIpc) is 3.00. The second kappa shape index (κ2) is 9.35. The molecule has 0 saturated heterocycles. The molecule has 0 radical (unpaired) electrons. The Morgan fingerprint density at radius 1 is 1.17 bits per heavy atom. The lowest BCUT2D eigenvalue weighted by Crippen LogP contribution is -1.93. The largest absolute Gasteiger partial charge is 0.467 e. The highest BCUT2D eigenvalue weighted by atomic mass is 16.5. The zero-order valence-corrected chi connectivity index (χ0v) is 14.3. The second-order valence-corrected chi connectivity index (χ2v) is 5.25. The molecule has 0 spiro atoms. The van der Waals surface area contributed by atoms with E-state index in [9.17, 15) is 0 Å². The van der Waals surface area contributed by atoms with E-state index >= 15 is 0 Å². The van der Waals surface area contributed by atoms with Crippen molar-refractivity contribution in [3.63, 3.8) is 0 Å². The minimum absolute atomic E-state index is 0.634. The SMILES string of the molecule is CC/C=C\C=C/Cc1cc(Nc2cc(C)on2)c(C)occcn1. The van der Waals surface area contributed by atoms with Crippen LogP contribution < -0.4 is 5.32 Å². The number of aryl methyl sites for hydroxylation is 2. The van der Waals surface area contributed by atoms with Crippen molar-refractivity contribution in [2.45, 2.75) is 33.6 Å². The lowest BCUT2D eigenvalue weighted by atomic mass is 10.2. The first-order valence-electron chi connectivity index (χ1n) is 7.98. The van der Waals surface area contributed by atoms with Gasteiger partial charge in [-0.3, -0.25) is 4.98 Å². The van der Waals surface area contributed by atoms with Gasteiger partial charge in [0.1, 0.15) is 11.5 Å². The van der Waals surface area contributed by atoms with E-state index in [0.29, 0.717) is 12.2 Å². The van der Waals surface area contributed by atoms with Crippen LogP contribution in [0, 0.1) is 13.8 Å². The molecule has 2 aromatic heterocycles. The second-order valence-electron chi connectivity index (χ2n) is 5.25. The van der Waals surface area contributed by atoms with Crippen molar-refractivity contribution in [1.29, 1.82) is 0 Å². The Morgan fingerprint density at radius 2 is 2.00 bits per heavy atom. The molecular weight excluding hydrogens is 302 g/mol. The van der Waals surface area contributed by atoms with Crippen molar-refractivity contribution in [3.8, 4) is 0 Å². The number of nitrogens with zero attached hydrogens (tertiary/aromatic N) is 2. The predicted molar refractivity (Wildman–Crippen MR) is 95.7 cm³/mol. The molecule has 2 aromatic rings. The quantitative estimate of drug-likeness (QED) is 0.738. The van der Waals surface area contributed by atoms with Gasteiger partial charge >= 0.3 is 0 Å². The van der Waals surface area contributed by atoms with Crippen LogP contribution in [0.3, 0.4) is 0 Å². The fourth-order valence-electron chi connectivity index (χ4n) is 1.97. The molecule has 0 aliphatic carbocycles. The molecule has 5 heteroatoms. The summed E-state index contributed by atoms with van der Waals surface area (Å²) < 4.78 is 10.7. The molecule has 0 amide bonds. The Bertz CT molecular complexity index is 756. The number of allylic oxidation sites excluding steroid dienone is 4. The molecule has 0 aliphatic heterocycles. The van der Waals surface area contributed by atoms with Gasteiger partial charge in [0.15, 0.2) is 5.82 Å². The summed E-state index contributed by atoms with van der Waals surface area (Å²) in [4.78, 5) is 4.47. The van der Waals surface area contributed by atoms with Crippen molar-refractivity contribution in [3.05, 3.63) is 72.2 Å². The molecule has 1 N–H and O–H groups in total. The van der Waals surface area contributed by atoms with E-state index in [2.05, 4.69) is 34.5 Å². The maximum absolute atomic E-state index is 5.57. The van der Waals surface area contributed by atoms with Crippen LogP contribution in [0.1, 0.15) is 30.6 Å². The Balaban J connectivity index is 2.30. The first kappa shape index (κ1) is 17.5. The summed E-state index contributed by atoms with van der Waals surface area (Å²) in [6.07, 6.45) is 13.3. The van der Waals surface area contributed by atoms with Crippen LogP contribution in [0.15, 0.2) is 63.9 Å². The smallest absolute Gasteiger partial charge is 0.174 e. The first-order chi connectivity index (χ1) is 11.7. The topological polar surface area (TPSA) is 64.1 Å². The molecule has 0 bridgehead atoms. The maximum Gasteiger partial charge on any atom is 0.174 e. The highest BCUT2D eigenvalue weighted by Crippen LogP contribution is 2.19. The summed E-state index contributed by atoms with van der Waals surface area (Å²) in [5, 5.41) is 7.17. The molecule has 24 heavy (non-hydrogen) atoms. The Labute approximate surface area is 142 Å². The third-order valence-corrected chi connectivity index (χ3v) is 3.18. The maximum atomic E-state index is 5.57. The van der Waals surface area contributed by atoms with Gasteiger partial charge in [0, 0.05) is 24.4 Å². The van der Waals surface area contributed by atoms with Crippen LogP contribution in [-0.4, -0.2) is 10.1 Å². The number of hydrogen-bond acceptors (Lipinski definition) is 5. The molecule has 0 unspecified atom stereocenters. The molecular formula is C19H23N3O2. The molecule has 0 aliphatic rings. The number of aromatic nitrogens is 2. The van der Waals surface area contributed by atoms with Crippen LogP contribution in [0.5, 0.6) is 0 Å². The summed E-state index contributed by atoms with van der Waals surface area (Å²) in [5.41, 5.74) is 1.70. The summed E-state index contributed by atoms with van der Waals surface area (Å²) in [7, 11) is 0. The van der Waals surface area contributed by atoms with E-state index in [1.807, 2.05) is 38.1 Å². The van der Waals surface area contributed by atoms with Gasteiger partial charge in [-0.1, -0.05) is 36.4 Å². The van der Waals surface area contributed by atoms with Crippen LogP contribution >= 0.6 is 0 Å². The van der Waals surface area contributed by atoms with Crippen LogP contribution in [-0.2, 0) is 6.42 Å². The molecule has 0 atom stereocenters. The third-order valence-electron chi connectivity index (χ3n) is 3.18. The van der Waals surface area contributed by atoms with Gasteiger partial charge < -0.3 is 14.3 Å². The standard InChI is InChI=1S/C19H23N3O2/c1-4-5-6-7-8-10-17-14-18(16(3)23-12-9-11-20-17)21-19-13-15(2)24-22-19/h5-9,11-14H,4,10H2,1-3H3,(H,21,22)/b6-5-,8-7-,12-9?,17-14?,18-16?,20-11?. The first-order valence-corrected chi connectivity index (χ1v) is 7.98. The minimum Gasteiger partial charge on any atom is -0.467 e. The Hall–Kier alpha value is -2.82. The van der Waals surface area contributed by atoms with Gasteiger partial charge in [0.05, 0.1) is 12.0 Å². The zero-order chi connectivity index (χ0) is 17.2. The highest BCUT2D eigenvalue weighted by Gasteiger charge is 2.04. The molecule has 2 rings (SSSR count). The van der Waals surface area contributed by atoms with Crippen LogP contribution in [0.2, 0.25) is 0 Å². The normalized spacial score (nSPS) is 11.1. The Morgan fingerprint density at radius 3 is 2.75 bits per heavy atom. The fourth-order valence-corrected chi connectivity index (χ4v) is 1.97. The van der Waals surface area contributed by atoms with E-state index in [4.69, 9.17) is 8.94 Å². The molecule has 0 fully saturated rings. The summed E-state index contributed by atoms with van der Waals surface area (Å²) in [5.74, 6) is 2.10. The highest BCUT2D eigenvalue weighted by molar-refractivity contribution is 5.57. The predicted octanol–water partition coefficient (Wildman–Crippen LogP) is 5.21. The number of anilines is 2. The van der Waals surface area contributed by atoms with Gasteiger partial charge in [-0.05, 0) is 32.4 Å². The van der Waals surface area contributed by atoms with E-state index in [1.165, 1.54) is 0 Å². The van der Waals surface area contributed by atoms with E-state index in [1.54, 1.807) is 18.5 Å². The lowest BCUT2D eigenvalue weighted by molar-refractivity contribution is 0.400. The number of rotatable bonds is 6. The lowest BCUT2D eigenvalue weighted by Gasteiger charge is -2.03. The number of nitrogens with one attached hydrogen (secondary N) is 1. The van der Waals surface area contributed by atoms with Crippen molar-refractivity contribution in [2.24, 2.45) is 0 Å². The summed E-state index contributed by atoms with van der Waals surface area (Å²) in [6.45, 7) is 5.85. The van der Waals surface area contributed by atoms with Crippen molar-refractivity contribution >= 4 is 11.5 Å². The van der Waals surface area contributed by atoms with Crippen molar-refractivity contribution in [1.82, 2.24) is 10.1 Å². The average molecular weight is 325 g/mol. The van der Waals surface area contributed by atoms with Crippen molar-refractivity contribution < 1.29 is 8.94 Å². The van der Waals surface area contributed by atoms with Gasteiger partial charge in [0.2, 0.25) is 0 Å². The molecule has 2 heterocycles. The summed E-state index contributed by atoms with van der Waals surface area (Å²) in [6, 6.07) is 5.55. The minimum atomic E-state index is 0.634. The van der Waals surface area contributed by atoms with Gasteiger partial charge in [-0.2, -0.15) is 0 Å². The number of hydrogen-bond donors (Lipinski definition) is 1. The Kier molecular flexibility index (Phi) is 6.83. The van der Waals surface area contributed by atoms with E-state index in [-0.39, 0.29) is 0 Å². The fraction of sp³-hybridized carbons (Fsp3) is 0.263. The zero-order valence-electron chi connectivity index (χ0n) is 14.3. The molecule has 126 valence electrons. The monoisotopic (exact) mass is 325 g/mol. The van der Waals surface area contributed by atoms with E-state index in [0.717, 1.165) is 29.3 Å². The summed E-state index contributed by atoms with van der Waals surface area (Å²) >= 11 is 0. The molecule has 0 saturated carbocycles. The van der Waals surface area contributed by atoms with Gasteiger partial charge in [-0.15, -0.1) is 0 Å². The molecule has 0 aromatic carbocycles. The van der Waals surface area contributed by atoms with Crippen LogP contribution in [0.25, 0.3) is 0 Å². The van der Waals surface area contributed by atoms with Gasteiger partial charge in [-0.25, -0.2) is 0 Å². The van der Waals surface area contributed by atoms with Gasteiger partial charge in [0.25, 0.3) is 0 Å². The molecule has 5 nitrogen and oxygen atoms in total. The van der Waals surface area contributed by atoms with Crippen molar-refractivity contribution in [2.75, 3.05) is 5.32 Å². The van der Waals surface area contributed by atoms with Crippen LogP contribution in [0.4, 0.5) is 11.5 Å².